The third-order valence-electron chi connectivity index (χ3n) is 4.96. The van der Waals surface area contributed by atoms with Gasteiger partial charge in [-0.15, -0.1) is 0 Å². The van der Waals surface area contributed by atoms with E-state index >= 15 is 0 Å². The molecule has 0 unspecified atom stereocenters. The molecule has 0 bridgehead atoms. The molecule has 2 heterocycles. The molecule has 0 aliphatic rings. The van der Waals surface area contributed by atoms with E-state index in [0.717, 1.165) is 27.7 Å². The van der Waals surface area contributed by atoms with Gasteiger partial charge in [-0.3, -0.25) is 4.79 Å². The second kappa shape index (κ2) is 8.13. The number of Topliss-reactive ketones (excluding diaryl/α,β-unsaturated/α-hetero) is 1. The Balaban J connectivity index is 1.38. The lowest BCUT2D eigenvalue weighted by Gasteiger charge is -2.12. The molecule has 0 aliphatic heterocycles. The molecule has 31 heavy (non-hydrogen) atoms. The summed E-state index contributed by atoms with van der Waals surface area (Å²) < 4.78 is 11.2. The monoisotopic (exact) mass is 428 g/mol. The number of carbonyl (C=O) groups is 1. The van der Waals surface area contributed by atoms with Gasteiger partial charge < -0.3 is 14.5 Å². The van der Waals surface area contributed by atoms with E-state index in [0.29, 0.717) is 22.0 Å². The Labute approximate surface area is 183 Å². The zero-order valence-electron chi connectivity index (χ0n) is 16.3. The van der Waals surface area contributed by atoms with Crippen molar-refractivity contribution in [2.24, 2.45) is 0 Å². The number of aromatic nitrogens is 1. The van der Waals surface area contributed by atoms with Gasteiger partial charge in [0.1, 0.15) is 12.0 Å². The Morgan fingerprint density at radius 2 is 1.71 bits per heavy atom. The van der Waals surface area contributed by atoms with E-state index < -0.39 is 0 Å². The molecule has 0 fully saturated rings. The number of halogens is 1. The Bertz CT molecular complexity index is 1380. The van der Waals surface area contributed by atoms with Crippen LogP contribution in [0.4, 0.5) is 11.4 Å². The van der Waals surface area contributed by atoms with Crippen LogP contribution in [0.1, 0.15) is 10.4 Å². The number of carbonyl (C=O) groups excluding carboxylic acids is 1. The molecule has 6 heteroatoms. The predicted molar refractivity (Wildman–Crippen MR) is 123 cm³/mol. The van der Waals surface area contributed by atoms with Crippen molar-refractivity contribution in [2.75, 3.05) is 11.9 Å². The standard InChI is InChI=1S/C25H17ClN2O3/c26-20-14-31-25-23(20)24(19-8-4-5-9-21(19)28-25)27-17-10-12-18(13-11-17)30-15-22(29)16-6-2-1-3-7-16/h1-14H,15H2,(H,27,28). The van der Waals surface area contributed by atoms with E-state index in [1.807, 2.05) is 66.7 Å². The lowest BCUT2D eigenvalue weighted by Crippen LogP contribution is -2.11. The second-order valence-corrected chi connectivity index (χ2v) is 7.40. The highest BCUT2D eigenvalue weighted by molar-refractivity contribution is 6.37. The number of nitrogens with one attached hydrogen (secondary N) is 1. The largest absolute Gasteiger partial charge is 0.485 e. The van der Waals surface area contributed by atoms with Crippen LogP contribution in [-0.4, -0.2) is 17.4 Å². The molecule has 1 N–H and O–H groups in total. The molecule has 152 valence electrons. The minimum absolute atomic E-state index is 0.0168. The van der Waals surface area contributed by atoms with Gasteiger partial charge in [-0.2, -0.15) is 0 Å². The SMILES string of the molecule is O=C(COc1ccc(Nc2c3ccccc3nc3occ(Cl)c23)cc1)c1ccccc1. The van der Waals surface area contributed by atoms with Gasteiger partial charge in [0.25, 0.3) is 0 Å². The fourth-order valence-electron chi connectivity index (χ4n) is 3.43. The van der Waals surface area contributed by atoms with Crippen LogP contribution >= 0.6 is 11.6 Å². The van der Waals surface area contributed by atoms with Crippen LogP contribution in [0.15, 0.2) is 89.5 Å². The number of ketones is 1. The first-order valence-corrected chi connectivity index (χ1v) is 10.1. The molecule has 0 saturated heterocycles. The van der Waals surface area contributed by atoms with Crippen LogP contribution in [-0.2, 0) is 0 Å². The van der Waals surface area contributed by atoms with Crippen molar-refractivity contribution >= 4 is 50.8 Å². The Morgan fingerprint density at radius 3 is 2.52 bits per heavy atom. The molecular formula is C25H17ClN2O3. The zero-order valence-corrected chi connectivity index (χ0v) is 17.1. The molecule has 3 aromatic carbocycles. The number of benzene rings is 3. The quantitative estimate of drug-likeness (QED) is 0.307. The summed E-state index contributed by atoms with van der Waals surface area (Å²) in [5.74, 6) is 0.545. The molecule has 0 saturated carbocycles. The predicted octanol–water partition coefficient (Wildman–Crippen LogP) is 6.64. The van der Waals surface area contributed by atoms with Gasteiger partial charge in [0, 0.05) is 16.6 Å². The van der Waals surface area contributed by atoms with Crippen LogP contribution < -0.4 is 10.1 Å². The first-order chi connectivity index (χ1) is 15.2. The average Bonchev–Trinajstić information content (AvgIpc) is 3.19. The summed E-state index contributed by atoms with van der Waals surface area (Å²) in [7, 11) is 0. The van der Waals surface area contributed by atoms with Gasteiger partial charge in [-0.25, -0.2) is 4.98 Å². The van der Waals surface area contributed by atoms with Gasteiger partial charge in [-0.05, 0) is 30.3 Å². The third kappa shape index (κ3) is 3.83. The molecule has 0 radical (unpaired) electrons. The van der Waals surface area contributed by atoms with Crippen molar-refractivity contribution in [3.05, 3.63) is 95.7 Å². The molecule has 2 aromatic heterocycles. The van der Waals surface area contributed by atoms with Crippen LogP contribution in [0.2, 0.25) is 5.02 Å². The van der Waals surface area contributed by atoms with Crippen molar-refractivity contribution in [1.29, 1.82) is 0 Å². The fraction of sp³-hybridized carbons (Fsp3) is 0.0400. The van der Waals surface area contributed by atoms with Crippen molar-refractivity contribution < 1.29 is 13.9 Å². The minimum atomic E-state index is -0.0666. The van der Waals surface area contributed by atoms with Crippen molar-refractivity contribution in [3.8, 4) is 5.75 Å². The molecule has 0 atom stereocenters. The van der Waals surface area contributed by atoms with Gasteiger partial charge in [-0.1, -0.05) is 60.1 Å². The number of furan rings is 1. The maximum Gasteiger partial charge on any atom is 0.230 e. The van der Waals surface area contributed by atoms with Gasteiger partial charge >= 0.3 is 0 Å². The topological polar surface area (TPSA) is 64.4 Å². The number of para-hydroxylation sites is 1. The van der Waals surface area contributed by atoms with Crippen LogP contribution in [0.25, 0.3) is 22.0 Å². The first-order valence-electron chi connectivity index (χ1n) is 9.72. The molecule has 0 aliphatic carbocycles. The molecular weight excluding hydrogens is 412 g/mol. The number of hydrogen-bond donors (Lipinski definition) is 1. The lowest BCUT2D eigenvalue weighted by atomic mass is 10.1. The van der Waals surface area contributed by atoms with E-state index in [1.165, 1.54) is 6.26 Å². The third-order valence-corrected chi connectivity index (χ3v) is 5.24. The summed E-state index contributed by atoms with van der Waals surface area (Å²) >= 11 is 6.37. The van der Waals surface area contributed by atoms with Crippen molar-refractivity contribution in [3.63, 3.8) is 0 Å². The number of fused-ring (bicyclic) bond motifs is 2. The smallest absolute Gasteiger partial charge is 0.230 e. The van der Waals surface area contributed by atoms with E-state index in [-0.39, 0.29) is 12.4 Å². The van der Waals surface area contributed by atoms with Gasteiger partial charge in [0.05, 0.1) is 21.6 Å². The lowest BCUT2D eigenvalue weighted by molar-refractivity contribution is 0.0921. The first kappa shape index (κ1) is 19.2. The second-order valence-electron chi connectivity index (χ2n) is 6.99. The fourth-order valence-corrected chi connectivity index (χ4v) is 3.65. The van der Waals surface area contributed by atoms with Crippen LogP contribution in [0.5, 0.6) is 5.75 Å². The molecule has 5 aromatic rings. The molecule has 0 amide bonds. The molecule has 5 nitrogen and oxygen atoms in total. The highest BCUT2D eigenvalue weighted by Crippen LogP contribution is 2.38. The van der Waals surface area contributed by atoms with Crippen LogP contribution in [0.3, 0.4) is 0 Å². The number of hydrogen-bond acceptors (Lipinski definition) is 5. The van der Waals surface area contributed by atoms with Gasteiger partial charge in [0.15, 0.2) is 12.4 Å². The summed E-state index contributed by atoms with van der Waals surface area (Å²) in [5, 5.41) is 5.59. The number of rotatable bonds is 6. The molecule has 5 rings (SSSR count). The average molecular weight is 429 g/mol. The van der Waals surface area contributed by atoms with E-state index in [2.05, 4.69) is 10.3 Å². The summed E-state index contributed by atoms with van der Waals surface area (Å²) in [5.41, 5.74) is 3.59. The number of pyridine rings is 1. The number of nitrogens with zero attached hydrogens (tertiary/aromatic N) is 1. The van der Waals surface area contributed by atoms with Crippen LogP contribution in [0, 0.1) is 0 Å². The highest BCUT2D eigenvalue weighted by atomic mass is 35.5. The Hall–Kier alpha value is -3.83. The maximum atomic E-state index is 12.2. The summed E-state index contributed by atoms with van der Waals surface area (Å²) in [4.78, 5) is 16.8. The number of anilines is 2. The van der Waals surface area contributed by atoms with E-state index in [4.69, 9.17) is 20.8 Å². The Kier molecular flexibility index (Phi) is 5.02. The number of ether oxygens (including phenoxy) is 1. The minimum Gasteiger partial charge on any atom is -0.485 e. The summed E-state index contributed by atoms with van der Waals surface area (Å²) in [6.07, 6.45) is 1.49. The van der Waals surface area contributed by atoms with Crippen molar-refractivity contribution in [2.45, 2.75) is 0 Å². The summed E-state index contributed by atoms with van der Waals surface area (Å²) in [6.45, 7) is -0.0168. The summed E-state index contributed by atoms with van der Waals surface area (Å²) in [6, 6.07) is 24.3. The molecule has 0 spiro atoms. The zero-order chi connectivity index (χ0) is 21.2. The Morgan fingerprint density at radius 1 is 0.968 bits per heavy atom. The van der Waals surface area contributed by atoms with Gasteiger partial charge in [0.2, 0.25) is 5.71 Å². The maximum absolute atomic E-state index is 12.2. The van der Waals surface area contributed by atoms with Crippen molar-refractivity contribution in [1.82, 2.24) is 4.98 Å². The normalized spacial score (nSPS) is 11.0. The van der Waals surface area contributed by atoms with E-state index in [9.17, 15) is 4.79 Å². The van der Waals surface area contributed by atoms with E-state index in [1.54, 1.807) is 12.1 Å². The highest BCUT2D eigenvalue weighted by Gasteiger charge is 2.15.